The fraction of sp³-hybridized carbons (Fsp3) is 0.500. The lowest BCUT2D eigenvalue weighted by molar-refractivity contribution is 0.248. The number of nitrogens with zero attached hydrogens (tertiary/aromatic N) is 1. The summed E-state index contributed by atoms with van der Waals surface area (Å²) in [7, 11) is 0. The molecule has 0 unspecified atom stereocenters. The van der Waals surface area contributed by atoms with Gasteiger partial charge in [-0.25, -0.2) is 0 Å². The minimum atomic E-state index is 0.473. The molecule has 56 valence electrons. The minimum absolute atomic E-state index is 0.473. The zero-order valence-electron chi connectivity index (χ0n) is 6.81. The number of hydrogen-bond donors (Lipinski definition) is 1. The summed E-state index contributed by atoms with van der Waals surface area (Å²) in [5.74, 6) is 0. The number of nitrogens with one attached hydrogen (secondary N) is 1. The van der Waals surface area contributed by atoms with Gasteiger partial charge in [-0.3, -0.25) is 5.01 Å². The molecule has 0 saturated heterocycles. The number of hydrazine groups is 1. The molecule has 0 fully saturated rings. The maximum absolute atomic E-state index is 3.89. The highest BCUT2D eigenvalue weighted by atomic mass is 15.5. The lowest BCUT2D eigenvalue weighted by Gasteiger charge is -2.24. The van der Waals surface area contributed by atoms with Gasteiger partial charge < -0.3 is 5.43 Å². The Morgan fingerprint density at radius 3 is 2.40 bits per heavy atom. The average Bonchev–Trinajstić information content (AvgIpc) is 2.10. The van der Waals surface area contributed by atoms with E-state index in [1.54, 1.807) is 0 Å². The van der Waals surface area contributed by atoms with Crippen LogP contribution in [0, 0.1) is 0 Å². The van der Waals surface area contributed by atoms with Crippen LogP contribution in [0.3, 0.4) is 0 Å². The van der Waals surface area contributed by atoms with Crippen molar-refractivity contribution in [3.63, 3.8) is 0 Å². The van der Waals surface area contributed by atoms with Crippen molar-refractivity contribution in [3.8, 4) is 0 Å². The van der Waals surface area contributed by atoms with E-state index in [0.717, 1.165) is 5.70 Å². The largest absolute Gasteiger partial charge is 0.303 e. The minimum Gasteiger partial charge on any atom is -0.303 e. The van der Waals surface area contributed by atoms with E-state index in [9.17, 15) is 0 Å². The number of hydrogen-bond acceptors (Lipinski definition) is 2. The van der Waals surface area contributed by atoms with Gasteiger partial charge in [0.05, 0.1) is 5.70 Å². The zero-order valence-corrected chi connectivity index (χ0v) is 6.81. The van der Waals surface area contributed by atoms with Crippen LogP contribution in [0.1, 0.15) is 20.8 Å². The molecule has 2 heteroatoms. The molecule has 0 amide bonds. The number of rotatable bonds is 1. The van der Waals surface area contributed by atoms with Gasteiger partial charge in [-0.2, -0.15) is 0 Å². The first-order chi connectivity index (χ1) is 4.61. The third-order valence-electron chi connectivity index (χ3n) is 1.51. The van der Waals surface area contributed by atoms with E-state index in [0.29, 0.717) is 6.04 Å². The zero-order chi connectivity index (χ0) is 7.72. The van der Waals surface area contributed by atoms with E-state index in [2.05, 4.69) is 30.9 Å². The first kappa shape index (κ1) is 7.19. The van der Waals surface area contributed by atoms with Gasteiger partial charge in [-0.05, 0) is 26.8 Å². The van der Waals surface area contributed by atoms with Crippen molar-refractivity contribution in [2.45, 2.75) is 26.8 Å². The van der Waals surface area contributed by atoms with E-state index in [4.69, 9.17) is 0 Å². The standard InChI is InChI=1S/C8H14N2/c1-6(2)10-8(4)5-7(3)9-10/h5-6,9H,4H2,1-3H3. The van der Waals surface area contributed by atoms with Crippen molar-refractivity contribution in [2.75, 3.05) is 0 Å². The normalized spacial score (nSPS) is 17.8. The molecule has 1 N–H and O–H groups in total. The summed E-state index contributed by atoms with van der Waals surface area (Å²) in [5.41, 5.74) is 5.41. The molecule has 10 heavy (non-hydrogen) atoms. The van der Waals surface area contributed by atoms with Gasteiger partial charge in [-0.15, -0.1) is 0 Å². The lowest BCUT2D eigenvalue weighted by Crippen LogP contribution is -2.36. The van der Waals surface area contributed by atoms with E-state index in [1.807, 2.05) is 13.0 Å². The third-order valence-corrected chi connectivity index (χ3v) is 1.51. The van der Waals surface area contributed by atoms with Gasteiger partial charge in [0.15, 0.2) is 0 Å². The Kier molecular flexibility index (Phi) is 1.70. The molecule has 1 rings (SSSR count). The second-order valence-electron chi connectivity index (χ2n) is 2.89. The van der Waals surface area contributed by atoms with Crippen molar-refractivity contribution in [3.05, 3.63) is 24.0 Å². The van der Waals surface area contributed by atoms with Crippen LogP contribution in [0.15, 0.2) is 24.0 Å². The van der Waals surface area contributed by atoms with Crippen LogP contribution in [0.2, 0.25) is 0 Å². The summed E-state index contributed by atoms with van der Waals surface area (Å²) in [6, 6.07) is 0.473. The molecular weight excluding hydrogens is 124 g/mol. The summed E-state index contributed by atoms with van der Waals surface area (Å²) < 4.78 is 0. The molecule has 0 aromatic rings. The van der Waals surface area contributed by atoms with Crippen LogP contribution in [-0.4, -0.2) is 11.1 Å². The topological polar surface area (TPSA) is 15.3 Å². The molecule has 0 aromatic heterocycles. The summed E-state index contributed by atoms with van der Waals surface area (Å²) in [6.45, 7) is 10.2. The lowest BCUT2D eigenvalue weighted by atomic mass is 10.3. The molecule has 0 radical (unpaired) electrons. The van der Waals surface area contributed by atoms with Crippen LogP contribution in [0.25, 0.3) is 0 Å². The highest BCUT2D eigenvalue weighted by Gasteiger charge is 2.14. The van der Waals surface area contributed by atoms with Crippen LogP contribution >= 0.6 is 0 Å². The van der Waals surface area contributed by atoms with Crippen molar-refractivity contribution in [1.82, 2.24) is 10.4 Å². The Hall–Kier alpha value is -0.920. The van der Waals surface area contributed by atoms with E-state index in [1.165, 1.54) is 5.70 Å². The average molecular weight is 138 g/mol. The Labute approximate surface area is 62.2 Å². The van der Waals surface area contributed by atoms with Crippen molar-refractivity contribution >= 4 is 0 Å². The van der Waals surface area contributed by atoms with E-state index in [-0.39, 0.29) is 0 Å². The Bertz CT molecular complexity index is 180. The smallest absolute Gasteiger partial charge is 0.0520 e. The molecule has 1 aliphatic rings. The second kappa shape index (κ2) is 2.37. The molecule has 1 heterocycles. The highest BCUT2D eigenvalue weighted by Crippen LogP contribution is 2.14. The van der Waals surface area contributed by atoms with Gasteiger partial charge in [0, 0.05) is 11.7 Å². The predicted octanol–water partition coefficient (Wildman–Crippen LogP) is 1.63. The molecular formula is C8H14N2. The molecule has 0 aliphatic carbocycles. The van der Waals surface area contributed by atoms with Crippen LogP contribution in [-0.2, 0) is 0 Å². The molecule has 0 bridgehead atoms. The van der Waals surface area contributed by atoms with Crippen molar-refractivity contribution in [1.29, 1.82) is 0 Å². The van der Waals surface area contributed by atoms with Crippen LogP contribution in [0.5, 0.6) is 0 Å². The molecule has 0 atom stereocenters. The summed E-state index contributed by atoms with van der Waals surface area (Å²) in [4.78, 5) is 0. The maximum Gasteiger partial charge on any atom is 0.0520 e. The Morgan fingerprint density at radius 2 is 2.20 bits per heavy atom. The monoisotopic (exact) mass is 138 g/mol. The molecule has 2 nitrogen and oxygen atoms in total. The molecule has 0 spiro atoms. The van der Waals surface area contributed by atoms with Gasteiger partial charge in [0.25, 0.3) is 0 Å². The quantitative estimate of drug-likeness (QED) is 0.592. The van der Waals surface area contributed by atoms with Gasteiger partial charge in [0.2, 0.25) is 0 Å². The predicted molar refractivity (Wildman–Crippen MR) is 43.0 cm³/mol. The summed E-state index contributed by atoms with van der Waals surface area (Å²) >= 11 is 0. The first-order valence-electron chi connectivity index (χ1n) is 3.54. The third kappa shape index (κ3) is 1.15. The first-order valence-corrected chi connectivity index (χ1v) is 3.54. The number of allylic oxidation sites excluding steroid dienone is 2. The van der Waals surface area contributed by atoms with Gasteiger partial charge in [0.1, 0.15) is 0 Å². The fourth-order valence-electron chi connectivity index (χ4n) is 1.07. The SMILES string of the molecule is C=C1C=C(C)NN1C(C)C. The van der Waals surface area contributed by atoms with Crippen LogP contribution < -0.4 is 5.43 Å². The molecule has 0 saturated carbocycles. The van der Waals surface area contributed by atoms with E-state index < -0.39 is 0 Å². The van der Waals surface area contributed by atoms with Gasteiger partial charge in [-0.1, -0.05) is 6.58 Å². The van der Waals surface area contributed by atoms with Crippen molar-refractivity contribution < 1.29 is 0 Å². The highest BCUT2D eigenvalue weighted by molar-refractivity contribution is 5.23. The molecule has 1 aliphatic heterocycles. The van der Waals surface area contributed by atoms with Crippen LogP contribution in [0.4, 0.5) is 0 Å². The van der Waals surface area contributed by atoms with Gasteiger partial charge >= 0.3 is 0 Å². The summed E-state index contributed by atoms with van der Waals surface area (Å²) in [6.07, 6.45) is 2.04. The maximum atomic E-state index is 3.89. The summed E-state index contributed by atoms with van der Waals surface area (Å²) in [5, 5.41) is 2.05. The Morgan fingerprint density at radius 1 is 1.60 bits per heavy atom. The second-order valence-corrected chi connectivity index (χ2v) is 2.89. The molecule has 0 aromatic carbocycles. The van der Waals surface area contributed by atoms with Crippen molar-refractivity contribution in [2.24, 2.45) is 0 Å². The van der Waals surface area contributed by atoms with E-state index >= 15 is 0 Å². The Balaban J connectivity index is 2.64. The fourth-order valence-corrected chi connectivity index (χ4v) is 1.07.